The molecule has 0 saturated heterocycles. The lowest BCUT2D eigenvalue weighted by molar-refractivity contribution is 0.415. The van der Waals surface area contributed by atoms with Crippen molar-refractivity contribution < 1.29 is 9.15 Å². The quantitative estimate of drug-likeness (QED) is 0.573. The Morgan fingerprint density at radius 1 is 1.10 bits per heavy atom. The molecular weight excluding hydrogens is 254 g/mol. The largest absolute Gasteiger partial charge is 0.497 e. The molecule has 4 heteroatoms. The van der Waals surface area contributed by atoms with Gasteiger partial charge in [-0.25, -0.2) is 0 Å². The number of methoxy groups -OCH3 is 1. The average Bonchev–Trinajstić information content (AvgIpc) is 2.85. The van der Waals surface area contributed by atoms with Crippen LogP contribution in [0.25, 0.3) is 33.0 Å². The van der Waals surface area contributed by atoms with E-state index in [1.807, 2.05) is 24.3 Å². The molecule has 0 saturated carbocycles. The molecule has 0 aliphatic rings. The highest BCUT2D eigenvalue weighted by Crippen LogP contribution is 2.27. The van der Waals surface area contributed by atoms with Gasteiger partial charge in [-0.1, -0.05) is 18.2 Å². The van der Waals surface area contributed by atoms with Crippen LogP contribution in [0, 0.1) is 0 Å². The van der Waals surface area contributed by atoms with Gasteiger partial charge in [0.05, 0.1) is 17.9 Å². The van der Waals surface area contributed by atoms with Crippen LogP contribution in [0.3, 0.4) is 0 Å². The molecule has 4 aromatic rings. The highest BCUT2D eigenvalue weighted by molar-refractivity contribution is 6.07. The first-order valence-electron chi connectivity index (χ1n) is 6.29. The molecule has 2 aromatic carbocycles. The Kier molecular flexibility index (Phi) is 2.15. The normalized spacial score (nSPS) is 11.4. The van der Waals surface area contributed by atoms with E-state index >= 15 is 0 Å². The number of hydrogen-bond acceptors (Lipinski definition) is 3. The van der Waals surface area contributed by atoms with Crippen molar-refractivity contribution in [2.45, 2.75) is 0 Å². The third-order valence-corrected chi connectivity index (χ3v) is 3.54. The van der Waals surface area contributed by atoms with Crippen LogP contribution >= 0.6 is 0 Å². The minimum absolute atomic E-state index is 0.0439. The number of nitrogens with one attached hydrogen (secondary N) is 1. The van der Waals surface area contributed by atoms with Crippen molar-refractivity contribution in [3.8, 4) is 5.75 Å². The first kappa shape index (κ1) is 11.1. The molecule has 0 fully saturated rings. The van der Waals surface area contributed by atoms with Gasteiger partial charge in [0.1, 0.15) is 11.3 Å². The second kappa shape index (κ2) is 3.87. The third kappa shape index (κ3) is 1.39. The molecule has 0 aliphatic carbocycles. The highest BCUT2D eigenvalue weighted by Gasteiger charge is 2.13. The van der Waals surface area contributed by atoms with Gasteiger partial charge in [0, 0.05) is 10.9 Å². The molecule has 20 heavy (non-hydrogen) atoms. The second-order valence-corrected chi connectivity index (χ2v) is 4.67. The van der Waals surface area contributed by atoms with E-state index in [1.54, 1.807) is 25.3 Å². The lowest BCUT2D eigenvalue weighted by Crippen LogP contribution is -2.01. The van der Waals surface area contributed by atoms with E-state index in [2.05, 4.69) is 4.98 Å². The van der Waals surface area contributed by atoms with Crippen LogP contribution in [0.2, 0.25) is 0 Å². The van der Waals surface area contributed by atoms with Gasteiger partial charge in [-0.2, -0.15) is 0 Å². The lowest BCUT2D eigenvalue weighted by Gasteiger charge is -2.01. The van der Waals surface area contributed by atoms with E-state index in [4.69, 9.17) is 9.15 Å². The number of aromatic nitrogens is 1. The molecule has 0 spiro atoms. The number of hydrogen-bond donors (Lipinski definition) is 1. The monoisotopic (exact) mass is 265 g/mol. The van der Waals surface area contributed by atoms with Gasteiger partial charge in [-0.15, -0.1) is 0 Å². The fourth-order valence-corrected chi connectivity index (χ4v) is 2.57. The molecule has 1 N–H and O–H groups in total. The van der Waals surface area contributed by atoms with Gasteiger partial charge in [0.15, 0.2) is 0 Å². The highest BCUT2D eigenvalue weighted by atomic mass is 16.5. The van der Waals surface area contributed by atoms with E-state index in [1.165, 1.54) is 0 Å². The van der Waals surface area contributed by atoms with Crippen LogP contribution < -0.4 is 10.2 Å². The Morgan fingerprint density at radius 2 is 1.95 bits per heavy atom. The molecule has 0 amide bonds. The molecule has 98 valence electrons. The van der Waals surface area contributed by atoms with Crippen molar-refractivity contribution in [1.29, 1.82) is 0 Å². The Labute approximate surface area is 113 Å². The number of ether oxygens (including phenoxy) is 1. The summed E-state index contributed by atoms with van der Waals surface area (Å²) in [5.41, 5.74) is 1.91. The molecule has 0 bridgehead atoms. The van der Waals surface area contributed by atoms with Gasteiger partial charge in [-0.3, -0.25) is 4.79 Å². The topological polar surface area (TPSA) is 55.2 Å². The van der Waals surface area contributed by atoms with Gasteiger partial charge in [0.2, 0.25) is 11.1 Å². The number of H-pyrrole nitrogens is 1. The summed E-state index contributed by atoms with van der Waals surface area (Å²) in [4.78, 5) is 15.8. The maximum Gasteiger partial charge on any atom is 0.209 e. The van der Waals surface area contributed by atoms with Crippen LogP contribution in [-0.2, 0) is 0 Å². The SMILES string of the molecule is COc1ccc2oc3[nH]c4ccccc4c3c(=O)c2c1. The van der Waals surface area contributed by atoms with Crippen LogP contribution in [0.5, 0.6) is 5.75 Å². The van der Waals surface area contributed by atoms with Crippen LogP contribution in [-0.4, -0.2) is 12.1 Å². The summed E-state index contributed by atoms with van der Waals surface area (Å²) in [6.07, 6.45) is 0. The Morgan fingerprint density at radius 3 is 2.80 bits per heavy atom. The summed E-state index contributed by atoms with van der Waals surface area (Å²) in [5, 5.41) is 1.99. The maximum atomic E-state index is 12.7. The number of fused-ring (bicyclic) bond motifs is 4. The summed E-state index contributed by atoms with van der Waals surface area (Å²) in [6, 6.07) is 12.9. The molecule has 0 atom stereocenters. The Balaban J connectivity index is 2.26. The van der Waals surface area contributed by atoms with E-state index in [9.17, 15) is 4.79 Å². The van der Waals surface area contributed by atoms with Crippen LogP contribution in [0.4, 0.5) is 0 Å². The van der Waals surface area contributed by atoms with Gasteiger partial charge in [0.25, 0.3) is 0 Å². The van der Waals surface area contributed by atoms with Crippen molar-refractivity contribution >= 4 is 33.0 Å². The van der Waals surface area contributed by atoms with Crippen LogP contribution in [0.1, 0.15) is 0 Å². The summed E-state index contributed by atoms with van der Waals surface area (Å²) < 4.78 is 11.0. The molecule has 0 unspecified atom stereocenters. The smallest absolute Gasteiger partial charge is 0.209 e. The molecule has 0 aliphatic heterocycles. The summed E-state index contributed by atoms with van der Waals surface area (Å²) in [5.74, 6) is 0.643. The minimum atomic E-state index is -0.0439. The first-order valence-corrected chi connectivity index (χ1v) is 6.29. The number of para-hydroxylation sites is 1. The Bertz CT molecular complexity index is 1010. The van der Waals surface area contributed by atoms with E-state index in [0.717, 1.165) is 10.9 Å². The van der Waals surface area contributed by atoms with Gasteiger partial charge in [-0.05, 0) is 24.3 Å². The van der Waals surface area contributed by atoms with Gasteiger partial charge < -0.3 is 14.1 Å². The summed E-state index contributed by atoms with van der Waals surface area (Å²) in [6.45, 7) is 0. The summed E-state index contributed by atoms with van der Waals surface area (Å²) in [7, 11) is 1.58. The molecule has 0 radical (unpaired) electrons. The van der Waals surface area contributed by atoms with Crippen molar-refractivity contribution in [3.05, 3.63) is 52.7 Å². The molecule has 4 nitrogen and oxygen atoms in total. The number of benzene rings is 2. The maximum absolute atomic E-state index is 12.7. The zero-order valence-corrected chi connectivity index (χ0v) is 10.8. The van der Waals surface area contributed by atoms with Crippen molar-refractivity contribution in [2.75, 3.05) is 7.11 Å². The van der Waals surface area contributed by atoms with Gasteiger partial charge >= 0.3 is 0 Å². The summed E-state index contributed by atoms with van der Waals surface area (Å²) >= 11 is 0. The lowest BCUT2D eigenvalue weighted by atomic mass is 10.1. The molecule has 2 heterocycles. The van der Waals surface area contributed by atoms with E-state index in [-0.39, 0.29) is 5.43 Å². The molecule has 2 aromatic heterocycles. The fraction of sp³-hybridized carbons (Fsp3) is 0.0625. The van der Waals surface area contributed by atoms with Crippen molar-refractivity contribution in [2.24, 2.45) is 0 Å². The predicted molar refractivity (Wildman–Crippen MR) is 78.4 cm³/mol. The zero-order chi connectivity index (χ0) is 13.7. The second-order valence-electron chi connectivity index (χ2n) is 4.67. The Hall–Kier alpha value is -2.75. The van der Waals surface area contributed by atoms with Crippen LogP contribution in [0.15, 0.2) is 51.7 Å². The molecular formula is C16H11NO3. The average molecular weight is 265 g/mol. The van der Waals surface area contributed by atoms with Crippen molar-refractivity contribution in [1.82, 2.24) is 4.98 Å². The standard InChI is InChI=1S/C16H11NO3/c1-19-9-6-7-13-11(8-9)15(18)14-10-4-2-3-5-12(10)17-16(14)20-13/h2-8,17H,1H3. The predicted octanol–water partition coefficient (Wildman–Crippen LogP) is 3.44. The first-order chi connectivity index (χ1) is 9.78. The minimum Gasteiger partial charge on any atom is -0.497 e. The van der Waals surface area contributed by atoms with E-state index < -0.39 is 0 Å². The van der Waals surface area contributed by atoms with E-state index in [0.29, 0.717) is 27.8 Å². The third-order valence-electron chi connectivity index (χ3n) is 3.54. The number of rotatable bonds is 1. The van der Waals surface area contributed by atoms with Crippen molar-refractivity contribution in [3.63, 3.8) is 0 Å². The number of aromatic amines is 1. The molecule has 4 rings (SSSR count). The fourth-order valence-electron chi connectivity index (χ4n) is 2.57. The zero-order valence-electron chi connectivity index (χ0n) is 10.8.